The fourth-order valence-corrected chi connectivity index (χ4v) is 6.78. The minimum Gasteiger partial charge on any atom is -0.756 e. The number of carbonyl (C=O) groups is 2. The van der Waals surface area contributed by atoms with Gasteiger partial charge in [0.25, 0.3) is 7.82 Å². The number of esters is 2. The van der Waals surface area contributed by atoms with Crippen LogP contribution in [0.2, 0.25) is 0 Å². The van der Waals surface area contributed by atoms with Gasteiger partial charge in [-0.05, 0) is 82.8 Å². The average Bonchev–Trinajstić information content (AvgIpc) is 3.45. The van der Waals surface area contributed by atoms with Gasteiger partial charge < -0.3 is 37.4 Å². The summed E-state index contributed by atoms with van der Waals surface area (Å²) in [7, 11) is 1.08. The predicted octanol–water partition coefficient (Wildman–Crippen LogP) is 10.5. The topological polar surface area (TPSA) is 145 Å². The second kappa shape index (κ2) is 33.6. The van der Waals surface area contributed by atoms with Crippen LogP contribution in [0.4, 0.5) is 0 Å². The van der Waals surface area contributed by atoms with Gasteiger partial charge in [0, 0.05) is 25.7 Å². The van der Waals surface area contributed by atoms with Crippen LogP contribution in [0.15, 0.2) is 65.2 Å². The van der Waals surface area contributed by atoms with Crippen molar-refractivity contribution in [2.24, 2.45) is 0 Å². The summed E-state index contributed by atoms with van der Waals surface area (Å²) in [6.07, 6.45) is 34.5. The number of aryl methyl sites for hydroxylation is 2. The number of aliphatic hydroxyl groups is 1. The lowest BCUT2D eigenvalue weighted by atomic mass is 10.0. The summed E-state index contributed by atoms with van der Waals surface area (Å²) in [6, 6.07) is 0. The van der Waals surface area contributed by atoms with E-state index in [0.29, 0.717) is 36.7 Å². The largest absolute Gasteiger partial charge is 0.756 e. The molecule has 0 bridgehead atoms. The monoisotopic (exact) mass is 862 g/mol. The molecule has 0 saturated carbocycles. The molecule has 1 aromatic rings. The molecular weight excluding hydrogens is 781 g/mol. The maximum Gasteiger partial charge on any atom is 0.306 e. The van der Waals surface area contributed by atoms with Crippen LogP contribution in [0, 0.1) is 13.8 Å². The van der Waals surface area contributed by atoms with Crippen molar-refractivity contribution < 1.29 is 51.6 Å². The van der Waals surface area contributed by atoms with Crippen molar-refractivity contribution in [1.29, 1.82) is 0 Å². The van der Waals surface area contributed by atoms with Gasteiger partial charge in [-0.25, -0.2) is 0 Å². The van der Waals surface area contributed by atoms with Crippen LogP contribution in [-0.2, 0) is 45.5 Å². The van der Waals surface area contributed by atoms with Crippen LogP contribution >= 0.6 is 7.82 Å². The Morgan fingerprint density at radius 2 is 1.35 bits per heavy atom. The molecule has 0 aliphatic rings. The smallest absolute Gasteiger partial charge is 0.306 e. The highest BCUT2D eigenvalue weighted by molar-refractivity contribution is 7.45. The summed E-state index contributed by atoms with van der Waals surface area (Å²) in [5, 5.41) is 9.78. The number of likely N-dealkylation sites (N-methyl/N-ethyl adjacent to an activating group) is 1. The maximum absolute atomic E-state index is 12.7. The number of hydrogen-bond acceptors (Lipinski definition) is 10. The Balaban J connectivity index is 2.39. The Labute approximate surface area is 363 Å². The fraction of sp³-hybridized carbons (Fsp3) is 0.667. The normalized spacial score (nSPS) is 14.6. The Morgan fingerprint density at radius 3 is 2.02 bits per heavy atom. The Kier molecular flexibility index (Phi) is 30.7. The molecule has 0 amide bonds. The number of carbonyl (C=O) groups excluding carboxylic acids is 2. The van der Waals surface area contributed by atoms with Crippen LogP contribution in [-0.4, -0.2) is 81.2 Å². The zero-order valence-corrected chi connectivity index (χ0v) is 39.1. The zero-order chi connectivity index (χ0) is 44.5. The first-order chi connectivity index (χ1) is 28.7. The van der Waals surface area contributed by atoms with Crippen molar-refractivity contribution >= 4 is 19.8 Å². The van der Waals surface area contributed by atoms with E-state index in [0.717, 1.165) is 82.1 Å². The van der Waals surface area contributed by atoms with Gasteiger partial charge in [0.1, 0.15) is 31.3 Å². The molecule has 0 aromatic carbocycles. The third-order valence-corrected chi connectivity index (χ3v) is 10.8. The molecule has 11 nitrogen and oxygen atoms in total. The lowest BCUT2D eigenvalue weighted by Gasteiger charge is -2.28. The molecule has 0 fully saturated rings. The minimum absolute atomic E-state index is 0.0568. The fourth-order valence-electron chi connectivity index (χ4n) is 6.05. The maximum atomic E-state index is 12.7. The average molecular weight is 862 g/mol. The third kappa shape index (κ3) is 30.1. The van der Waals surface area contributed by atoms with Gasteiger partial charge in [0.2, 0.25) is 0 Å². The summed E-state index contributed by atoms with van der Waals surface area (Å²) in [4.78, 5) is 37.6. The molecule has 60 heavy (non-hydrogen) atoms. The molecule has 0 radical (unpaired) electrons. The number of rotatable bonds is 36. The molecule has 2 unspecified atom stereocenters. The highest BCUT2D eigenvalue weighted by atomic mass is 31.2. The van der Waals surface area contributed by atoms with Crippen molar-refractivity contribution in [2.45, 2.75) is 162 Å². The van der Waals surface area contributed by atoms with Gasteiger partial charge in [-0.2, -0.15) is 0 Å². The van der Waals surface area contributed by atoms with Gasteiger partial charge in [-0.1, -0.05) is 113 Å². The number of ether oxygens (including phenoxy) is 2. The third-order valence-electron chi connectivity index (χ3n) is 9.80. The van der Waals surface area contributed by atoms with E-state index in [1.165, 1.54) is 24.0 Å². The van der Waals surface area contributed by atoms with Crippen LogP contribution in [0.1, 0.15) is 146 Å². The molecular formula is C48H80NO10P. The zero-order valence-electron chi connectivity index (χ0n) is 38.2. The number of phosphoric acid groups is 1. The van der Waals surface area contributed by atoms with E-state index in [1.54, 1.807) is 0 Å². The highest BCUT2D eigenvalue weighted by Crippen LogP contribution is 2.38. The summed E-state index contributed by atoms with van der Waals surface area (Å²) < 4.78 is 40.0. The van der Waals surface area contributed by atoms with Crippen LogP contribution in [0.5, 0.6) is 0 Å². The van der Waals surface area contributed by atoms with Crippen molar-refractivity contribution in [1.82, 2.24) is 0 Å². The van der Waals surface area contributed by atoms with E-state index in [1.807, 2.05) is 76.7 Å². The van der Waals surface area contributed by atoms with Crippen molar-refractivity contribution in [3.8, 4) is 0 Å². The molecule has 12 heteroatoms. The standard InChI is InChI=1S/C48H80NO10P/c1-8-10-32-43(50)33-27-23-19-15-13-11-12-14-16-21-25-29-35-47(51)55-39-44(40-57-60(53,54)56-38-37-49(5,6)7)58-48(52)36-30-26-22-18-17-20-24-28-34-46-42(4)41(3)45(59-46)31-9-2/h10-12,15-16,19,21,23,27,32,43-44,50H,8-9,13-14,17-18,20,22,24-26,28-31,33-40H2,1-7H3/b12-11-,19-15-,21-16-,27-23+,32-10-/t43?,44-/m1/s1. The molecule has 0 aliphatic carbocycles. The summed E-state index contributed by atoms with van der Waals surface area (Å²) in [5.41, 5.74) is 2.61. The second-order valence-electron chi connectivity index (χ2n) is 16.5. The second-order valence-corrected chi connectivity index (χ2v) is 17.9. The number of phosphoric ester groups is 1. The molecule has 342 valence electrons. The van der Waals surface area contributed by atoms with Gasteiger partial charge in [-0.3, -0.25) is 14.2 Å². The van der Waals surface area contributed by atoms with E-state index >= 15 is 0 Å². The lowest BCUT2D eigenvalue weighted by molar-refractivity contribution is -0.870. The Hall–Kier alpha value is -3.05. The van der Waals surface area contributed by atoms with Crippen molar-refractivity contribution in [3.05, 3.63) is 83.4 Å². The van der Waals surface area contributed by atoms with Gasteiger partial charge in [0.15, 0.2) is 6.10 Å². The van der Waals surface area contributed by atoms with Crippen LogP contribution < -0.4 is 4.89 Å². The predicted molar refractivity (Wildman–Crippen MR) is 240 cm³/mol. The first-order valence-corrected chi connectivity index (χ1v) is 23.9. The quantitative estimate of drug-likeness (QED) is 0.0173. The van der Waals surface area contributed by atoms with E-state index in [-0.39, 0.29) is 26.1 Å². The van der Waals surface area contributed by atoms with Crippen LogP contribution in [0.25, 0.3) is 0 Å². The number of hydrogen-bond donors (Lipinski definition) is 1. The first-order valence-electron chi connectivity index (χ1n) is 22.5. The molecule has 1 aromatic heterocycles. The molecule has 3 atom stereocenters. The molecule has 1 N–H and O–H groups in total. The minimum atomic E-state index is -4.66. The van der Waals surface area contributed by atoms with Crippen molar-refractivity contribution in [3.63, 3.8) is 0 Å². The number of aliphatic hydroxyl groups excluding tert-OH is 1. The molecule has 1 heterocycles. The Bertz CT molecular complexity index is 1500. The van der Waals surface area contributed by atoms with Gasteiger partial charge >= 0.3 is 11.9 Å². The van der Waals surface area contributed by atoms with E-state index in [4.69, 9.17) is 22.9 Å². The molecule has 0 saturated heterocycles. The number of allylic oxidation sites excluding steroid dienone is 8. The number of nitrogens with zero attached hydrogens (tertiary/aromatic N) is 1. The van der Waals surface area contributed by atoms with Crippen LogP contribution in [0.3, 0.4) is 0 Å². The summed E-state index contributed by atoms with van der Waals surface area (Å²) >= 11 is 0. The molecule has 0 spiro atoms. The van der Waals surface area contributed by atoms with E-state index < -0.39 is 38.6 Å². The highest BCUT2D eigenvalue weighted by Gasteiger charge is 2.22. The lowest BCUT2D eigenvalue weighted by Crippen LogP contribution is -2.37. The Morgan fingerprint density at radius 1 is 0.750 bits per heavy atom. The van der Waals surface area contributed by atoms with Gasteiger partial charge in [0.05, 0.1) is 33.9 Å². The molecule has 1 rings (SSSR count). The van der Waals surface area contributed by atoms with E-state index in [9.17, 15) is 24.2 Å². The number of unbranched alkanes of at least 4 members (excludes halogenated alkanes) is 8. The SMILES string of the molecule is CC/C=C\C(O)C/C=C/C=C\C/C=C\C/C=C\CCCC(=O)OC[C@H](COP(=O)([O-])OCC[N+](C)(C)C)OC(=O)CCCCCCCCCCc1oc(CCC)c(C)c1C. The summed E-state index contributed by atoms with van der Waals surface area (Å²) in [6.45, 7) is 8.10. The number of quaternary nitrogens is 1. The van der Waals surface area contributed by atoms with Crippen molar-refractivity contribution in [2.75, 3.05) is 47.5 Å². The first kappa shape index (κ1) is 55.0. The molecule has 0 aliphatic heterocycles. The number of furan rings is 1. The van der Waals surface area contributed by atoms with Gasteiger partial charge in [-0.15, -0.1) is 0 Å². The summed E-state index contributed by atoms with van der Waals surface area (Å²) in [5.74, 6) is 1.32. The van der Waals surface area contributed by atoms with E-state index in [2.05, 4.69) is 32.9 Å².